The highest BCUT2D eigenvalue weighted by molar-refractivity contribution is 6.30. The largest absolute Gasteiger partial charge is 0.496 e. The number of halogens is 4. The van der Waals surface area contributed by atoms with Gasteiger partial charge in [0.2, 0.25) is 11.7 Å². The van der Waals surface area contributed by atoms with E-state index in [1.165, 1.54) is 57.4 Å². The van der Waals surface area contributed by atoms with Crippen molar-refractivity contribution in [1.82, 2.24) is 0 Å². The number of rotatable bonds is 7. The summed E-state index contributed by atoms with van der Waals surface area (Å²) in [5.41, 5.74) is -3.62. The third-order valence-electron chi connectivity index (χ3n) is 5.87. The molecule has 35 heavy (non-hydrogen) atoms. The van der Waals surface area contributed by atoms with Gasteiger partial charge in [0.15, 0.2) is 6.29 Å². The second-order valence-corrected chi connectivity index (χ2v) is 9.29. The number of oxime groups is 1. The van der Waals surface area contributed by atoms with Crippen LogP contribution in [-0.4, -0.2) is 41.9 Å². The van der Waals surface area contributed by atoms with E-state index in [-0.39, 0.29) is 16.5 Å². The number of benzene rings is 2. The summed E-state index contributed by atoms with van der Waals surface area (Å²) in [7, 11) is 1.35. The lowest BCUT2D eigenvalue weighted by Gasteiger charge is -2.37. The molecule has 0 saturated carbocycles. The van der Waals surface area contributed by atoms with Crippen LogP contribution in [0.3, 0.4) is 0 Å². The smallest absolute Gasteiger partial charge is 0.426 e. The second-order valence-electron chi connectivity index (χ2n) is 8.86. The van der Waals surface area contributed by atoms with E-state index < -0.39 is 35.6 Å². The van der Waals surface area contributed by atoms with Crippen LogP contribution in [-0.2, 0) is 19.8 Å². The van der Waals surface area contributed by atoms with Crippen LogP contribution < -0.4 is 10.1 Å². The van der Waals surface area contributed by atoms with Gasteiger partial charge in [-0.3, -0.25) is 9.59 Å². The zero-order valence-electron chi connectivity index (χ0n) is 19.4. The second kappa shape index (κ2) is 9.50. The van der Waals surface area contributed by atoms with Crippen molar-refractivity contribution in [3.05, 3.63) is 58.1 Å². The lowest BCUT2D eigenvalue weighted by molar-refractivity contribution is -0.254. The first kappa shape index (κ1) is 26.5. The summed E-state index contributed by atoms with van der Waals surface area (Å²) in [6.07, 6.45) is -6.76. The number of ether oxygens (including phenoxy) is 1. The summed E-state index contributed by atoms with van der Waals surface area (Å²) in [4.78, 5) is 29.2. The average molecular weight is 513 g/mol. The van der Waals surface area contributed by atoms with E-state index in [4.69, 9.17) is 21.2 Å². The highest BCUT2D eigenvalue weighted by Gasteiger charge is 2.61. The quantitative estimate of drug-likeness (QED) is 0.512. The molecule has 0 aliphatic carbocycles. The molecule has 2 aromatic carbocycles. The normalized spacial score (nSPS) is 17.4. The van der Waals surface area contributed by atoms with Crippen molar-refractivity contribution in [1.29, 1.82) is 0 Å². The predicted molar refractivity (Wildman–Crippen MR) is 124 cm³/mol. The summed E-state index contributed by atoms with van der Waals surface area (Å²) >= 11 is 6.04. The summed E-state index contributed by atoms with van der Waals surface area (Å²) in [5, 5.41) is 17.0. The number of methoxy groups -OCH3 is 1. The van der Waals surface area contributed by atoms with Gasteiger partial charge in [-0.25, -0.2) is 0 Å². The van der Waals surface area contributed by atoms with Gasteiger partial charge in [-0.2, -0.15) is 13.2 Å². The first-order valence-corrected chi connectivity index (χ1v) is 10.9. The maximum Gasteiger partial charge on any atom is 0.426 e. The number of anilines is 1. The molecule has 3 rings (SSSR count). The van der Waals surface area contributed by atoms with Crippen LogP contribution in [0.15, 0.2) is 41.6 Å². The van der Waals surface area contributed by atoms with Crippen molar-refractivity contribution in [2.45, 2.75) is 50.5 Å². The molecule has 1 aliphatic heterocycles. The minimum absolute atomic E-state index is 0.0179. The molecule has 2 aromatic rings. The Balaban J connectivity index is 1.96. The molecular weight excluding hydrogens is 489 g/mol. The van der Waals surface area contributed by atoms with Crippen molar-refractivity contribution < 1.29 is 37.4 Å². The standard InChI is InChI=1S/C24H24ClF3N2O5/c1-13-17-10-15(6-7-16(17)20(11-31)35-30-13)29-21(32)23(33,24(26,27)28)12-22(2,3)18-9-14(25)5-8-19(18)34-4/h5-11,20,33H,12H2,1-4H3,(H,29,32). The molecule has 7 nitrogen and oxygen atoms in total. The average Bonchev–Trinajstić information content (AvgIpc) is 2.78. The summed E-state index contributed by atoms with van der Waals surface area (Å²) < 4.78 is 47.7. The molecule has 1 heterocycles. The number of alkyl halides is 3. The molecule has 0 spiro atoms. The predicted octanol–water partition coefficient (Wildman–Crippen LogP) is 4.94. The van der Waals surface area contributed by atoms with Crippen LogP contribution >= 0.6 is 11.6 Å². The van der Waals surface area contributed by atoms with E-state index in [1.54, 1.807) is 6.92 Å². The minimum Gasteiger partial charge on any atom is -0.496 e. The van der Waals surface area contributed by atoms with Gasteiger partial charge in [-0.05, 0) is 42.7 Å². The van der Waals surface area contributed by atoms with Crippen LogP contribution in [0.2, 0.25) is 5.02 Å². The molecule has 2 N–H and O–H groups in total. The maximum absolute atomic E-state index is 14.2. The number of nitrogens with zero attached hydrogens (tertiary/aromatic N) is 1. The van der Waals surface area contributed by atoms with Gasteiger partial charge in [0.1, 0.15) is 5.75 Å². The Morgan fingerprint density at radius 2 is 1.94 bits per heavy atom. The van der Waals surface area contributed by atoms with Gasteiger partial charge in [0.05, 0.1) is 12.8 Å². The van der Waals surface area contributed by atoms with Crippen molar-refractivity contribution in [2.24, 2.45) is 5.16 Å². The van der Waals surface area contributed by atoms with Crippen LogP contribution in [0.5, 0.6) is 5.75 Å². The maximum atomic E-state index is 14.2. The molecule has 1 aliphatic rings. The Morgan fingerprint density at radius 3 is 2.54 bits per heavy atom. The molecule has 0 fully saturated rings. The van der Waals surface area contributed by atoms with Gasteiger partial charge >= 0.3 is 6.18 Å². The lowest BCUT2D eigenvalue weighted by atomic mass is 9.74. The number of carbonyl (C=O) groups excluding carboxylic acids is 2. The highest BCUT2D eigenvalue weighted by Crippen LogP contribution is 2.44. The van der Waals surface area contributed by atoms with E-state index in [0.29, 0.717) is 28.7 Å². The number of carbonyl (C=O) groups is 2. The monoisotopic (exact) mass is 512 g/mol. The first-order chi connectivity index (χ1) is 16.2. The van der Waals surface area contributed by atoms with E-state index >= 15 is 0 Å². The SMILES string of the molecule is COc1ccc(Cl)cc1C(C)(C)CC(O)(C(=O)Nc1ccc2c(c1)C(C)=NOC2C=O)C(F)(F)F. The van der Waals surface area contributed by atoms with E-state index in [9.17, 15) is 27.9 Å². The van der Waals surface area contributed by atoms with Gasteiger partial charge in [-0.15, -0.1) is 0 Å². The number of nitrogens with one attached hydrogen (secondary N) is 1. The van der Waals surface area contributed by atoms with Gasteiger partial charge in [-0.1, -0.05) is 36.7 Å². The Bertz CT molecular complexity index is 1180. The number of aldehydes is 1. The molecular formula is C24H24ClF3N2O5. The lowest BCUT2D eigenvalue weighted by Crippen LogP contribution is -2.57. The van der Waals surface area contributed by atoms with E-state index in [0.717, 1.165) is 0 Å². The Labute approximate surface area is 204 Å². The highest BCUT2D eigenvalue weighted by atomic mass is 35.5. The Morgan fingerprint density at radius 1 is 1.26 bits per heavy atom. The fourth-order valence-electron chi connectivity index (χ4n) is 4.02. The molecule has 0 radical (unpaired) electrons. The zero-order valence-corrected chi connectivity index (χ0v) is 20.1. The summed E-state index contributed by atoms with van der Waals surface area (Å²) in [6, 6.07) is 8.58. The molecule has 0 aromatic heterocycles. The van der Waals surface area contributed by atoms with Gasteiger partial charge in [0, 0.05) is 33.8 Å². The fraction of sp³-hybridized carbons (Fsp3) is 0.375. The first-order valence-electron chi connectivity index (χ1n) is 10.5. The van der Waals surface area contributed by atoms with Crippen molar-refractivity contribution in [2.75, 3.05) is 12.4 Å². The minimum atomic E-state index is -5.30. The topological polar surface area (TPSA) is 97.2 Å². The molecule has 2 atom stereocenters. The van der Waals surface area contributed by atoms with Crippen molar-refractivity contribution in [3.8, 4) is 5.75 Å². The molecule has 0 saturated heterocycles. The fourth-order valence-corrected chi connectivity index (χ4v) is 4.20. The molecule has 2 unspecified atom stereocenters. The third kappa shape index (κ3) is 5.13. The number of amides is 1. The number of hydrogen-bond acceptors (Lipinski definition) is 6. The molecule has 1 amide bonds. The number of fused-ring (bicyclic) bond motifs is 1. The van der Waals surface area contributed by atoms with Crippen molar-refractivity contribution >= 4 is 35.2 Å². The molecule has 188 valence electrons. The summed E-state index contributed by atoms with van der Waals surface area (Å²) in [6.45, 7) is 4.48. The zero-order chi connectivity index (χ0) is 26.2. The van der Waals surface area contributed by atoms with Crippen LogP contribution in [0.4, 0.5) is 18.9 Å². The van der Waals surface area contributed by atoms with Crippen LogP contribution in [0, 0.1) is 0 Å². The van der Waals surface area contributed by atoms with Crippen LogP contribution in [0.1, 0.15) is 50.0 Å². The van der Waals surface area contributed by atoms with E-state index in [1.807, 2.05) is 0 Å². The molecule has 0 bridgehead atoms. The Kier molecular flexibility index (Phi) is 7.19. The third-order valence-corrected chi connectivity index (χ3v) is 6.10. The van der Waals surface area contributed by atoms with Crippen molar-refractivity contribution in [3.63, 3.8) is 0 Å². The number of hydrogen-bond donors (Lipinski definition) is 2. The number of aliphatic hydroxyl groups is 1. The van der Waals surface area contributed by atoms with Gasteiger partial charge < -0.3 is 20.0 Å². The van der Waals surface area contributed by atoms with Crippen LogP contribution in [0.25, 0.3) is 0 Å². The van der Waals surface area contributed by atoms with E-state index in [2.05, 4.69) is 10.5 Å². The van der Waals surface area contributed by atoms with Gasteiger partial charge in [0.25, 0.3) is 5.91 Å². The summed E-state index contributed by atoms with van der Waals surface area (Å²) in [5.74, 6) is -1.40. The molecule has 11 heteroatoms. The Hall–Kier alpha value is -3.11.